The first-order chi connectivity index (χ1) is 6.29. The van der Waals surface area contributed by atoms with E-state index in [1.807, 2.05) is 18.7 Å². The van der Waals surface area contributed by atoms with E-state index >= 15 is 0 Å². The molecule has 2 unspecified atom stereocenters. The van der Waals surface area contributed by atoms with Crippen molar-refractivity contribution in [3.8, 4) is 0 Å². The maximum absolute atomic E-state index is 11.5. The molecule has 0 saturated carbocycles. The topological polar surface area (TPSA) is 38.3 Å². The van der Waals surface area contributed by atoms with Gasteiger partial charge in [0, 0.05) is 17.5 Å². The molecule has 2 atom stereocenters. The van der Waals surface area contributed by atoms with Gasteiger partial charge in [0.25, 0.3) is 0 Å². The van der Waals surface area contributed by atoms with E-state index in [1.54, 1.807) is 0 Å². The summed E-state index contributed by atoms with van der Waals surface area (Å²) in [6.45, 7) is 5.33. The SMILES string of the molecule is CCOC(=O)C1NCCSC1CC. The minimum Gasteiger partial charge on any atom is -0.465 e. The van der Waals surface area contributed by atoms with Crippen LogP contribution in [0.5, 0.6) is 0 Å². The molecule has 1 N–H and O–H groups in total. The zero-order valence-electron chi connectivity index (χ0n) is 8.21. The predicted molar refractivity (Wildman–Crippen MR) is 55.0 cm³/mol. The summed E-state index contributed by atoms with van der Waals surface area (Å²) in [4.78, 5) is 11.5. The predicted octanol–water partition coefficient (Wildman–Crippen LogP) is 1.03. The lowest BCUT2D eigenvalue weighted by Gasteiger charge is -2.29. The van der Waals surface area contributed by atoms with Gasteiger partial charge in [-0.3, -0.25) is 4.79 Å². The molecular formula is C9H17NO2S. The Morgan fingerprint density at radius 1 is 1.62 bits per heavy atom. The first-order valence-electron chi connectivity index (χ1n) is 4.81. The van der Waals surface area contributed by atoms with Gasteiger partial charge in [0.05, 0.1) is 6.61 Å². The average molecular weight is 203 g/mol. The Morgan fingerprint density at radius 2 is 2.38 bits per heavy atom. The normalized spacial score (nSPS) is 28.5. The van der Waals surface area contributed by atoms with Crippen molar-refractivity contribution in [2.75, 3.05) is 18.9 Å². The molecule has 0 amide bonds. The van der Waals surface area contributed by atoms with E-state index in [2.05, 4.69) is 12.2 Å². The quantitative estimate of drug-likeness (QED) is 0.695. The van der Waals surface area contributed by atoms with Crippen molar-refractivity contribution in [1.82, 2.24) is 5.32 Å². The Labute approximate surface area is 83.6 Å². The molecule has 1 rings (SSSR count). The first-order valence-corrected chi connectivity index (χ1v) is 5.86. The average Bonchev–Trinajstić information content (AvgIpc) is 2.18. The summed E-state index contributed by atoms with van der Waals surface area (Å²) in [5.74, 6) is 0.996. The van der Waals surface area contributed by atoms with Gasteiger partial charge in [0.2, 0.25) is 0 Å². The number of thioether (sulfide) groups is 1. The lowest BCUT2D eigenvalue weighted by atomic mass is 10.1. The minimum absolute atomic E-state index is 0.0938. The lowest BCUT2D eigenvalue weighted by Crippen LogP contribution is -2.49. The molecule has 3 nitrogen and oxygen atoms in total. The second-order valence-electron chi connectivity index (χ2n) is 3.00. The van der Waals surface area contributed by atoms with Crippen LogP contribution in [0.3, 0.4) is 0 Å². The molecule has 76 valence electrons. The Hall–Kier alpha value is -0.220. The summed E-state index contributed by atoms with van der Waals surface area (Å²) in [6.07, 6.45) is 1.02. The number of ether oxygens (including phenoxy) is 1. The van der Waals surface area contributed by atoms with Crippen LogP contribution in [0.25, 0.3) is 0 Å². The third-order valence-corrected chi connectivity index (χ3v) is 3.59. The van der Waals surface area contributed by atoms with E-state index in [0.717, 1.165) is 18.7 Å². The molecule has 0 aromatic heterocycles. The van der Waals surface area contributed by atoms with Gasteiger partial charge in [0.15, 0.2) is 0 Å². The number of carbonyl (C=O) groups is 1. The summed E-state index contributed by atoms with van der Waals surface area (Å²) < 4.78 is 5.00. The molecule has 0 spiro atoms. The van der Waals surface area contributed by atoms with Gasteiger partial charge in [0.1, 0.15) is 6.04 Å². The largest absolute Gasteiger partial charge is 0.465 e. The van der Waals surface area contributed by atoms with Crippen LogP contribution >= 0.6 is 11.8 Å². The fourth-order valence-corrected chi connectivity index (χ4v) is 2.65. The summed E-state index contributed by atoms with van der Waals surface area (Å²) in [5.41, 5.74) is 0. The number of hydrogen-bond donors (Lipinski definition) is 1. The zero-order chi connectivity index (χ0) is 9.68. The number of hydrogen-bond acceptors (Lipinski definition) is 4. The Bertz CT molecular complexity index is 175. The number of rotatable bonds is 3. The Morgan fingerprint density at radius 3 is 3.00 bits per heavy atom. The number of nitrogens with one attached hydrogen (secondary N) is 1. The Kier molecular flexibility index (Phi) is 4.59. The molecule has 0 radical (unpaired) electrons. The van der Waals surface area contributed by atoms with Crippen LogP contribution in [-0.2, 0) is 9.53 Å². The van der Waals surface area contributed by atoms with Crippen molar-refractivity contribution >= 4 is 17.7 Å². The van der Waals surface area contributed by atoms with E-state index in [0.29, 0.717) is 11.9 Å². The van der Waals surface area contributed by atoms with Crippen LogP contribution in [0.4, 0.5) is 0 Å². The highest BCUT2D eigenvalue weighted by Gasteiger charge is 2.30. The molecule has 0 bridgehead atoms. The first kappa shape index (κ1) is 10.9. The van der Waals surface area contributed by atoms with Crippen LogP contribution in [0.15, 0.2) is 0 Å². The maximum Gasteiger partial charge on any atom is 0.324 e. The van der Waals surface area contributed by atoms with E-state index in [1.165, 1.54) is 0 Å². The van der Waals surface area contributed by atoms with E-state index in [4.69, 9.17) is 4.74 Å². The van der Waals surface area contributed by atoms with Gasteiger partial charge in [-0.15, -0.1) is 0 Å². The van der Waals surface area contributed by atoms with Crippen LogP contribution in [0, 0.1) is 0 Å². The fourth-order valence-electron chi connectivity index (χ4n) is 1.47. The highest BCUT2D eigenvalue weighted by atomic mass is 32.2. The molecule has 4 heteroatoms. The van der Waals surface area contributed by atoms with Crippen molar-refractivity contribution in [3.63, 3.8) is 0 Å². The summed E-state index contributed by atoms with van der Waals surface area (Å²) >= 11 is 1.86. The van der Waals surface area contributed by atoms with Crippen molar-refractivity contribution in [2.24, 2.45) is 0 Å². The highest BCUT2D eigenvalue weighted by Crippen LogP contribution is 2.22. The van der Waals surface area contributed by atoms with Gasteiger partial charge < -0.3 is 10.1 Å². The van der Waals surface area contributed by atoms with Gasteiger partial charge in [-0.1, -0.05) is 6.92 Å². The summed E-state index contributed by atoms with van der Waals surface area (Å²) in [6, 6.07) is -0.0938. The van der Waals surface area contributed by atoms with Crippen LogP contribution < -0.4 is 5.32 Å². The minimum atomic E-state index is -0.0958. The molecule has 0 aliphatic carbocycles. The van der Waals surface area contributed by atoms with Crippen molar-refractivity contribution in [1.29, 1.82) is 0 Å². The van der Waals surface area contributed by atoms with Gasteiger partial charge >= 0.3 is 5.97 Å². The monoisotopic (exact) mass is 203 g/mol. The Balaban J connectivity index is 2.48. The van der Waals surface area contributed by atoms with Gasteiger partial charge in [-0.25, -0.2) is 0 Å². The molecule has 0 aromatic carbocycles. The maximum atomic E-state index is 11.5. The van der Waals surface area contributed by atoms with Crippen molar-refractivity contribution in [2.45, 2.75) is 31.6 Å². The van der Waals surface area contributed by atoms with E-state index in [-0.39, 0.29) is 12.0 Å². The summed E-state index contributed by atoms with van der Waals surface area (Å²) in [5, 5.41) is 3.59. The van der Waals surface area contributed by atoms with Crippen molar-refractivity contribution < 1.29 is 9.53 Å². The molecule has 1 saturated heterocycles. The second-order valence-corrected chi connectivity index (χ2v) is 4.35. The van der Waals surface area contributed by atoms with Crippen LogP contribution in [-0.4, -0.2) is 36.2 Å². The number of esters is 1. The van der Waals surface area contributed by atoms with E-state index < -0.39 is 0 Å². The third kappa shape index (κ3) is 2.88. The third-order valence-electron chi connectivity index (χ3n) is 2.11. The van der Waals surface area contributed by atoms with Crippen LogP contribution in [0.1, 0.15) is 20.3 Å². The van der Waals surface area contributed by atoms with Gasteiger partial charge in [-0.2, -0.15) is 11.8 Å². The lowest BCUT2D eigenvalue weighted by molar-refractivity contribution is -0.145. The molecule has 1 aliphatic heterocycles. The van der Waals surface area contributed by atoms with Crippen molar-refractivity contribution in [3.05, 3.63) is 0 Å². The molecule has 1 aliphatic rings. The number of carbonyl (C=O) groups excluding carboxylic acids is 1. The smallest absolute Gasteiger partial charge is 0.324 e. The fraction of sp³-hybridized carbons (Fsp3) is 0.889. The molecular weight excluding hydrogens is 186 g/mol. The molecule has 1 heterocycles. The standard InChI is InChI=1S/C9H17NO2S/c1-3-7-8(9(11)12-4-2)10-5-6-13-7/h7-8,10H,3-6H2,1-2H3. The molecule has 13 heavy (non-hydrogen) atoms. The van der Waals surface area contributed by atoms with E-state index in [9.17, 15) is 4.79 Å². The molecule has 0 aromatic rings. The van der Waals surface area contributed by atoms with Gasteiger partial charge in [-0.05, 0) is 13.3 Å². The second kappa shape index (κ2) is 5.50. The molecule has 1 fully saturated rings. The van der Waals surface area contributed by atoms with Crippen LogP contribution in [0.2, 0.25) is 0 Å². The zero-order valence-corrected chi connectivity index (χ0v) is 9.02. The summed E-state index contributed by atoms with van der Waals surface area (Å²) in [7, 11) is 0. The highest BCUT2D eigenvalue weighted by molar-refractivity contribution is 8.00.